The molecule has 9 heterocycles. The highest BCUT2D eigenvalue weighted by Crippen LogP contribution is 2.44. The molecule has 0 radical (unpaired) electrons. The van der Waals surface area contributed by atoms with Crippen molar-refractivity contribution in [1.82, 2.24) is 58.6 Å². The van der Waals surface area contributed by atoms with Gasteiger partial charge < -0.3 is 0 Å². The predicted molar refractivity (Wildman–Crippen MR) is 496 cm³/mol. The third-order valence-corrected chi connectivity index (χ3v) is 24.2. The summed E-state index contributed by atoms with van der Waals surface area (Å²) in [6.45, 7) is 0. The van der Waals surface area contributed by atoms with E-state index in [0.29, 0.717) is 34.9 Å². The third-order valence-electron chi connectivity index (χ3n) is 23.1. The molecule has 24 aromatic rings. The Morgan fingerprint density at radius 2 is 0.479 bits per heavy atom. The molecule has 0 bridgehead atoms. The lowest BCUT2D eigenvalue weighted by Gasteiger charge is -2.12. The first-order chi connectivity index (χ1) is 59.9. The Bertz CT molecular complexity index is 8050. The molecule has 0 fully saturated rings. The average Bonchev–Trinajstić information content (AvgIpc) is 1.61. The lowest BCUT2D eigenvalue weighted by molar-refractivity contribution is 1.07. The van der Waals surface area contributed by atoms with Gasteiger partial charge in [0.15, 0.2) is 34.9 Å². The van der Waals surface area contributed by atoms with Crippen LogP contribution in [0.5, 0.6) is 0 Å². The second-order valence-corrected chi connectivity index (χ2v) is 31.4. The van der Waals surface area contributed by atoms with Crippen LogP contribution in [0.4, 0.5) is 0 Å². The molecule has 13 heteroatoms. The minimum Gasteiger partial charge on any atom is -0.299 e. The third kappa shape index (κ3) is 12.8. The van der Waals surface area contributed by atoms with Gasteiger partial charge in [-0.15, -0.1) is 11.3 Å². The fourth-order valence-corrected chi connectivity index (χ4v) is 18.1. The molecule has 15 aromatic carbocycles. The zero-order chi connectivity index (χ0) is 79.9. The number of aromatic nitrogens is 12. The van der Waals surface area contributed by atoms with Gasteiger partial charge in [-0.2, -0.15) is 0 Å². The van der Waals surface area contributed by atoms with Crippen LogP contribution in [-0.4, -0.2) is 58.6 Å². The summed E-state index contributed by atoms with van der Waals surface area (Å²) in [6.07, 6.45) is 7.89. The topological polar surface area (TPSA) is 138 Å². The van der Waals surface area contributed by atoms with Gasteiger partial charge in [-0.05, 0) is 163 Å². The minimum atomic E-state index is 0.613. The highest BCUT2D eigenvalue weighted by Gasteiger charge is 2.22. The molecule has 0 N–H and O–H groups in total. The molecule has 0 saturated carbocycles. The Labute approximate surface area is 698 Å². The molecule has 0 aliphatic heterocycles. The Hall–Kier alpha value is -16.2. The lowest BCUT2D eigenvalue weighted by atomic mass is 9.94. The Balaban J connectivity index is 0.000000141. The van der Waals surface area contributed by atoms with Gasteiger partial charge in [0.1, 0.15) is 11.3 Å². The number of rotatable bonds is 12. The summed E-state index contributed by atoms with van der Waals surface area (Å²) in [4.78, 5) is 50.0. The van der Waals surface area contributed by atoms with Crippen molar-refractivity contribution in [3.05, 3.63) is 401 Å². The van der Waals surface area contributed by atoms with Gasteiger partial charge in [0.2, 0.25) is 0 Å². The normalized spacial score (nSPS) is 11.6. The van der Waals surface area contributed by atoms with Crippen molar-refractivity contribution in [3.63, 3.8) is 0 Å². The summed E-state index contributed by atoms with van der Waals surface area (Å²) in [5.74, 6) is 3.78. The van der Waals surface area contributed by atoms with Crippen molar-refractivity contribution >= 4 is 108 Å². The molecule has 0 unspecified atom stereocenters. The van der Waals surface area contributed by atoms with Crippen LogP contribution < -0.4 is 0 Å². The maximum Gasteiger partial charge on any atom is 0.164 e. The second kappa shape index (κ2) is 29.5. The van der Waals surface area contributed by atoms with Crippen molar-refractivity contribution in [2.24, 2.45) is 0 Å². The van der Waals surface area contributed by atoms with E-state index in [1.165, 1.54) is 20.2 Å². The summed E-state index contributed by atoms with van der Waals surface area (Å²) in [5, 5.41) is 11.6. The number of pyridine rings is 4. The van der Waals surface area contributed by atoms with Crippen LogP contribution >= 0.6 is 11.3 Å². The molecule has 0 amide bonds. The van der Waals surface area contributed by atoms with Gasteiger partial charge in [0.05, 0.1) is 33.5 Å². The van der Waals surface area contributed by atoms with Crippen LogP contribution in [0.15, 0.2) is 401 Å². The first kappa shape index (κ1) is 70.2. The fourth-order valence-electron chi connectivity index (χ4n) is 17.0. The number of benzene rings is 15. The van der Waals surface area contributed by atoms with Gasteiger partial charge >= 0.3 is 0 Å². The number of nitrogens with zero attached hydrogens (tertiary/aromatic N) is 12. The quantitative estimate of drug-likeness (QED) is 0.109. The Morgan fingerprint density at radius 3 is 0.909 bits per heavy atom. The first-order valence-electron chi connectivity index (χ1n) is 40.3. The van der Waals surface area contributed by atoms with Crippen molar-refractivity contribution in [1.29, 1.82) is 0 Å². The molecular formula is C108H66N12S. The monoisotopic (exact) mass is 1560 g/mol. The summed E-state index contributed by atoms with van der Waals surface area (Å²) < 4.78 is 6.92. The maximum absolute atomic E-state index is 5.13. The molecule has 0 saturated heterocycles. The lowest BCUT2D eigenvalue weighted by Crippen LogP contribution is -2.00. The van der Waals surface area contributed by atoms with E-state index < -0.39 is 0 Å². The van der Waals surface area contributed by atoms with Gasteiger partial charge in [-0.1, -0.05) is 279 Å². The summed E-state index contributed by atoms with van der Waals surface area (Å²) in [5.41, 5.74) is 24.7. The number of hydrogen-bond acceptors (Lipinski definition) is 11. The molecule has 121 heavy (non-hydrogen) atoms. The summed E-state index contributed by atoms with van der Waals surface area (Å²) in [7, 11) is 0. The molecule has 24 rings (SSSR count). The standard InChI is InChI=1S/C57H36N6.C51H30N6S/c1-3-11-37(12-4-1)39-17-23-42(24-18-39)55-60-56(43-25-19-40(20-26-43)38-13-5-2-6-14-38)62-57(61-55)44-27-21-41(22-28-44)45-29-32-48-50(35-45)49-36-46(51-15-7-9-33-58-51)30-31-47(49)53-54(48)63-34-10-8-16-52(63)59-53;1-2-10-32(11-3-1)49-54-50(56-51(55-49)36-22-25-45-42(30-36)37-12-4-5-14-44(37)58-45)33-18-16-31(17-19-33)34-20-24-39-41(28-34)40-29-35(43-13-6-8-26-52-43)21-23-38(40)47-48(39)57-27-9-7-15-46(57)53-47/h1-36H;1-30H. The highest BCUT2D eigenvalue weighted by atomic mass is 32.1. The van der Waals surface area contributed by atoms with E-state index in [2.05, 4.69) is 328 Å². The average molecular weight is 1560 g/mol. The molecule has 0 atom stereocenters. The second-order valence-electron chi connectivity index (χ2n) is 30.3. The fraction of sp³-hybridized carbons (Fsp3) is 0. The SMILES string of the molecule is c1ccc(-c2ccc(-c3nc(-c4ccc(-c5ccccc5)cc4)nc(-c4ccc(-c5ccc6c(c5)c5cc(-c7ccccn7)ccc5c5nc7ccccn7c65)cc4)n3)cc2)cc1.c1ccc(-c2nc(-c3ccc(-c4ccc5c(c4)c4cc(-c6ccccn6)ccc4c4nc6ccccn6c54)cc3)nc(-c3ccc4sc5ccccc5c4c3)n2)cc1. The van der Waals surface area contributed by atoms with Gasteiger partial charge in [0, 0.05) is 111 Å². The molecule has 12 nitrogen and oxygen atoms in total. The van der Waals surface area contributed by atoms with Gasteiger partial charge in [-0.3, -0.25) is 18.8 Å². The molecule has 0 spiro atoms. The van der Waals surface area contributed by atoms with E-state index in [1.807, 2.05) is 103 Å². The molecule has 9 aromatic heterocycles. The van der Waals surface area contributed by atoms with E-state index in [1.54, 1.807) is 0 Å². The number of hydrogen-bond donors (Lipinski definition) is 0. The summed E-state index contributed by atoms with van der Waals surface area (Å²) in [6, 6.07) is 131. The van der Waals surface area contributed by atoms with Crippen LogP contribution in [-0.2, 0) is 0 Å². The highest BCUT2D eigenvalue weighted by molar-refractivity contribution is 7.25. The van der Waals surface area contributed by atoms with E-state index in [4.69, 9.17) is 39.9 Å². The minimum absolute atomic E-state index is 0.613. The predicted octanol–water partition coefficient (Wildman–Crippen LogP) is 27.1. The van der Waals surface area contributed by atoms with Crippen LogP contribution in [0, 0.1) is 0 Å². The Morgan fingerprint density at radius 1 is 0.182 bits per heavy atom. The molecule has 0 aliphatic carbocycles. The maximum atomic E-state index is 5.13. The van der Waals surface area contributed by atoms with Crippen molar-refractivity contribution in [2.75, 3.05) is 0 Å². The van der Waals surface area contributed by atoms with Gasteiger partial charge in [0.25, 0.3) is 0 Å². The van der Waals surface area contributed by atoms with E-state index >= 15 is 0 Å². The van der Waals surface area contributed by atoms with Gasteiger partial charge in [-0.25, -0.2) is 39.9 Å². The van der Waals surface area contributed by atoms with Crippen molar-refractivity contribution in [2.45, 2.75) is 0 Å². The van der Waals surface area contributed by atoms with Crippen molar-refractivity contribution < 1.29 is 0 Å². The first-order valence-corrected chi connectivity index (χ1v) is 41.1. The van der Waals surface area contributed by atoms with Crippen LogP contribution in [0.2, 0.25) is 0 Å². The summed E-state index contributed by atoms with van der Waals surface area (Å²) >= 11 is 1.81. The molecular weight excluding hydrogens is 1500 g/mol. The zero-order valence-electron chi connectivity index (χ0n) is 64.9. The van der Waals surface area contributed by atoms with Crippen molar-refractivity contribution in [3.8, 4) is 135 Å². The van der Waals surface area contributed by atoms with E-state index in [0.717, 1.165) is 177 Å². The van der Waals surface area contributed by atoms with Crippen LogP contribution in [0.3, 0.4) is 0 Å². The number of imidazole rings is 2. The Kier molecular flexibility index (Phi) is 17.1. The van der Waals surface area contributed by atoms with Crippen LogP contribution in [0.25, 0.3) is 232 Å². The molecule has 564 valence electrons. The largest absolute Gasteiger partial charge is 0.299 e. The smallest absolute Gasteiger partial charge is 0.164 e. The number of fused-ring (bicyclic) bond motifs is 19. The van der Waals surface area contributed by atoms with Crippen LogP contribution in [0.1, 0.15) is 0 Å². The molecule has 0 aliphatic rings. The zero-order valence-corrected chi connectivity index (χ0v) is 65.7. The van der Waals surface area contributed by atoms with E-state index in [-0.39, 0.29) is 0 Å². The number of thiophene rings is 1. The van der Waals surface area contributed by atoms with E-state index in [9.17, 15) is 0 Å².